The summed E-state index contributed by atoms with van der Waals surface area (Å²) in [7, 11) is 1.73. The molecule has 0 amide bonds. The molecular formula is C12H11N3O3. The summed E-state index contributed by atoms with van der Waals surface area (Å²) in [5, 5.41) is 13.9. The predicted octanol–water partition coefficient (Wildman–Crippen LogP) is 0.987. The fourth-order valence-corrected chi connectivity index (χ4v) is 1.80. The average Bonchev–Trinajstić information content (AvgIpc) is 2.62. The molecule has 2 aromatic rings. The Morgan fingerprint density at radius 3 is 3.00 bits per heavy atom. The van der Waals surface area contributed by atoms with Crippen molar-refractivity contribution >= 4 is 17.0 Å². The van der Waals surface area contributed by atoms with Crippen molar-refractivity contribution in [1.82, 2.24) is 14.8 Å². The molecule has 0 fully saturated rings. The lowest BCUT2D eigenvalue weighted by atomic mass is 10.2. The number of hydrogen-bond donors (Lipinski definition) is 1. The van der Waals surface area contributed by atoms with Crippen LogP contribution in [-0.2, 0) is 7.05 Å². The Labute approximate surface area is 103 Å². The molecule has 2 rings (SSSR count). The van der Waals surface area contributed by atoms with E-state index in [1.54, 1.807) is 18.7 Å². The van der Waals surface area contributed by atoms with Crippen molar-refractivity contribution in [3.63, 3.8) is 0 Å². The Morgan fingerprint density at radius 1 is 1.67 bits per heavy atom. The quantitative estimate of drug-likeness (QED) is 0.816. The molecule has 0 bridgehead atoms. The van der Waals surface area contributed by atoms with Crippen LogP contribution < -0.4 is 4.74 Å². The first kappa shape index (κ1) is 11.9. The topological polar surface area (TPSA) is 77.2 Å². The van der Waals surface area contributed by atoms with Crippen LogP contribution in [0.15, 0.2) is 6.20 Å². The number of aryl methyl sites for hydroxylation is 2. The Morgan fingerprint density at radius 2 is 2.39 bits per heavy atom. The molecular weight excluding hydrogens is 234 g/mol. The van der Waals surface area contributed by atoms with Gasteiger partial charge in [-0.15, -0.1) is 6.42 Å². The molecule has 92 valence electrons. The van der Waals surface area contributed by atoms with Crippen molar-refractivity contribution in [3.8, 4) is 18.1 Å². The fourth-order valence-electron chi connectivity index (χ4n) is 1.80. The third kappa shape index (κ3) is 1.76. The maximum Gasteiger partial charge on any atom is 0.341 e. The molecule has 0 aliphatic rings. The lowest BCUT2D eigenvalue weighted by Crippen LogP contribution is -2.05. The molecule has 6 heteroatoms. The second-order valence-electron chi connectivity index (χ2n) is 3.71. The minimum Gasteiger partial charge on any atom is -0.479 e. The molecule has 0 aromatic carbocycles. The van der Waals surface area contributed by atoms with Crippen molar-refractivity contribution in [2.45, 2.75) is 6.92 Å². The van der Waals surface area contributed by atoms with Crippen LogP contribution in [0.2, 0.25) is 0 Å². The van der Waals surface area contributed by atoms with E-state index in [2.05, 4.69) is 16.0 Å². The summed E-state index contributed by atoms with van der Waals surface area (Å²) >= 11 is 0. The van der Waals surface area contributed by atoms with Crippen LogP contribution in [0.4, 0.5) is 0 Å². The molecule has 0 aliphatic carbocycles. The number of terminal acetylenes is 1. The first-order chi connectivity index (χ1) is 8.56. The highest BCUT2D eigenvalue weighted by Gasteiger charge is 2.20. The monoisotopic (exact) mass is 245 g/mol. The number of pyridine rings is 1. The lowest BCUT2D eigenvalue weighted by Gasteiger charge is -2.07. The highest BCUT2D eigenvalue weighted by molar-refractivity contribution is 5.98. The number of fused-ring (bicyclic) bond motifs is 1. The largest absolute Gasteiger partial charge is 0.479 e. The van der Waals surface area contributed by atoms with E-state index < -0.39 is 5.97 Å². The fraction of sp³-hybridized carbons (Fsp3) is 0.250. The van der Waals surface area contributed by atoms with Crippen LogP contribution in [0.5, 0.6) is 5.75 Å². The molecule has 2 heterocycles. The van der Waals surface area contributed by atoms with E-state index in [4.69, 9.17) is 16.3 Å². The van der Waals surface area contributed by atoms with E-state index in [-0.39, 0.29) is 17.9 Å². The summed E-state index contributed by atoms with van der Waals surface area (Å²) in [6.07, 6.45) is 6.38. The maximum atomic E-state index is 11.1. The maximum absolute atomic E-state index is 11.1. The molecule has 0 spiro atoms. The molecule has 0 saturated carbocycles. The van der Waals surface area contributed by atoms with Crippen LogP contribution in [0.25, 0.3) is 11.0 Å². The van der Waals surface area contributed by atoms with E-state index >= 15 is 0 Å². The molecule has 2 aromatic heterocycles. The summed E-state index contributed by atoms with van der Waals surface area (Å²) in [6, 6.07) is 0. The summed E-state index contributed by atoms with van der Waals surface area (Å²) in [6.45, 7) is 1.76. The van der Waals surface area contributed by atoms with E-state index in [1.807, 2.05) is 0 Å². The summed E-state index contributed by atoms with van der Waals surface area (Å²) in [5.41, 5.74) is 1.19. The number of rotatable bonds is 3. The van der Waals surface area contributed by atoms with Crippen LogP contribution in [0, 0.1) is 19.3 Å². The summed E-state index contributed by atoms with van der Waals surface area (Å²) < 4.78 is 6.91. The van der Waals surface area contributed by atoms with Gasteiger partial charge in [0, 0.05) is 13.2 Å². The van der Waals surface area contributed by atoms with Gasteiger partial charge < -0.3 is 9.84 Å². The SMILES string of the molecule is C#CCOc1c(C(=O)O)cnc2c1c(C)nn2C. The van der Waals surface area contributed by atoms with Gasteiger partial charge in [-0.05, 0) is 6.92 Å². The molecule has 18 heavy (non-hydrogen) atoms. The third-order valence-electron chi connectivity index (χ3n) is 2.51. The number of aromatic nitrogens is 3. The Kier molecular flexibility index (Phi) is 2.90. The van der Waals surface area contributed by atoms with E-state index in [9.17, 15) is 4.79 Å². The molecule has 0 atom stereocenters. The van der Waals surface area contributed by atoms with Crippen LogP contribution in [0.3, 0.4) is 0 Å². The van der Waals surface area contributed by atoms with Crippen molar-refractivity contribution in [2.24, 2.45) is 7.05 Å². The zero-order valence-corrected chi connectivity index (χ0v) is 9.97. The van der Waals surface area contributed by atoms with Crippen LogP contribution >= 0.6 is 0 Å². The molecule has 0 radical (unpaired) electrons. The average molecular weight is 245 g/mol. The summed E-state index contributed by atoms with van der Waals surface area (Å²) in [4.78, 5) is 15.2. The van der Waals surface area contributed by atoms with Crippen molar-refractivity contribution in [2.75, 3.05) is 6.61 Å². The second-order valence-corrected chi connectivity index (χ2v) is 3.71. The third-order valence-corrected chi connectivity index (χ3v) is 2.51. The minimum absolute atomic E-state index is 0.00622. The van der Waals surface area contributed by atoms with E-state index in [0.717, 1.165) is 0 Å². The normalized spacial score (nSPS) is 10.3. The van der Waals surface area contributed by atoms with Crippen LogP contribution in [0.1, 0.15) is 16.1 Å². The van der Waals surface area contributed by atoms with Gasteiger partial charge in [0.1, 0.15) is 17.9 Å². The first-order valence-electron chi connectivity index (χ1n) is 5.18. The van der Waals surface area contributed by atoms with E-state index in [1.165, 1.54) is 6.20 Å². The Balaban J connectivity index is 2.76. The van der Waals surface area contributed by atoms with Crippen molar-refractivity contribution < 1.29 is 14.6 Å². The number of ether oxygens (including phenoxy) is 1. The number of hydrogen-bond acceptors (Lipinski definition) is 4. The van der Waals surface area contributed by atoms with Gasteiger partial charge in [0.25, 0.3) is 0 Å². The van der Waals surface area contributed by atoms with Gasteiger partial charge in [-0.1, -0.05) is 5.92 Å². The number of aromatic carboxylic acids is 1. The van der Waals surface area contributed by atoms with Gasteiger partial charge in [0.15, 0.2) is 5.65 Å². The highest BCUT2D eigenvalue weighted by Crippen LogP contribution is 2.30. The Bertz CT molecular complexity index is 667. The second kappa shape index (κ2) is 4.37. The van der Waals surface area contributed by atoms with Crippen molar-refractivity contribution in [1.29, 1.82) is 0 Å². The molecule has 0 aliphatic heterocycles. The van der Waals surface area contributed by atoms with Crippen molar-refractivity contribution in [3.05, 3.63) is 17.5 Å². The number of carboxylic acids is 1. The van der Waals surface area contributed by atoms with E-state index in [0.29, 0.717) is 16.7 Å². The van der Waals surface area contributed by atoms with Gasteiger partial charge in [-0.25, -0.2) is 9.78 Å². The Hall–Kier alpha value is -2.55. The highest BCUT2D eigenvalue weighted by atomic mass is 16.5. The predicted molar refractivity (Wildman–Crippen MR) is 64.5 cm³/mol. The van der Waals surface area contributed by atoms with Crippen LogP contribution in [-0.4, -0.2) is 32.4 Å². The standard InChI is InChI=1S/C12H11N3O3/c1-4-5-18-10-8(12(16)17)6-13-11-9(10)7(2)14-15(11)3/h1,6H,5H2,2-3H3,(H,16,17). The van der Waals surface area contributed by atoms with Gasteiger partial charge in [0.2, 0.25) is 0 Å². The number of carboxylic acid groups (broad SMARTS) is 1. The first-order valence-corrected chi connectivity index (χ1v) is 5.18. The van der Waals surface area contributed by atoms with Gasteiger partial charge >= 0.3 is 5.97 Å². The smallest absolute Gasteiger partial charge is 0.341 e. The minimum atomic E-state index is -1.11. The molecule has 1 N–H and O–H groups in total. The molecule has 6 nitrogen and oxygen atoms in total. The molecule has 0 saturated heterocycles. The lowest BCUT2D eigenvalue weighted by molar-refractivity contribution is 0.0693. The number of carbonyl (C=O) groups is 1. The zero-order chi connectivity index (χ0) is 13.3. The zero-order valence-electron chi connectivity index (χ0n) is 9.97. The summed E-state index contributed by atoms with van der Waals surface area (Å²) in [5.74, 6) is 1.42. The number of nitrogens with zero attached hydrogens (tertiary/aromatic N) is 3. The van der Waals surface area contributed by atoms with Gasteiger partial charge in [-0.3, -0.25) is 4.68 Å². The van der Waals surface area contributed by atoms with Gasteiger partial charge in [-0.2, -0.15) is 5.10 Å². The molecule has 0 unspecified atom stereocenters. The van der Waals surface area contributed by atoms with Gasteiger partial charge in [0.05, 0.1) is 11.1 Å².